The number of rotatable bonds is 5. The SMILES string of the molecule is CCN1CCCC1CN(C)c1nccc(CCl)c1F. The first-order chi connectivity index (χ1) is 9.17. The predicted octanol–water partition coefficient (Wildman–Crippen LogP) is 2.88. The van der Waals surface area contributed by atoms with Gasteiger partial charge in [0.1, 0.15) is 0 Å². The Morgan fingerprint density at radius 3 is 3.05 bits per heavy atom. The molecule has 1 unspecified atom stereocenters. The van der Waals surface area contributed by atoms with Gasteiger partial charge in [-0.25, -0.2) is 9.37 Å². The Bertz CT molecular complexity index is 427. The van der Waals surface area contributed by atoms with Gasteiger partial charge in [0.25, 0.3) is 0 Å². The van der Waals surface area contributed by atoms with Gasteiger partial charge in [0.05, 0.1) is 5.88 Å². The highest BCUT2D eigenvalue weighted by atomic mass is 35.5. The number of likely N-dealkylation sites (N-methyl/N-ethyl adjacent to an activating group) is 2. The molecule has 1 saturated heterocycles. The maximum atomic E-state index is 14.2. The standard InChI is InChI=1S/C14H21ClFN3/c1-3-19-8-4-5-12(19)10-18(2)14-13(16)11(9-15)6-7-17-14/h6-7,12H,3-5,8-10H2,1-2H3. The first-order valence-electron chi connectivity index (χ1n) is 6.81. The zero-order chi connectivity index (χ0) is 13.8. The fraction of sp³-hybridized carbons (Fsp3) is 0.643. The van der Waals surface area contributed by atoms with Gasteiger partial charge < -0.3 is 4.90 Å². The van der Waals surface area contributed by atoms with Crippen LogP contribution in [0.25, 0.3) is 0 Å². The van der Waals surface area contributed by atoms with Gasteiger partial charge in [0.15, 0.2) is 11.6 Å². The Morgan fingerprint density at radius 1 is 1.58 bits per heavy atom. The summed E-state index contributed by atoms with van der Waals surface area (Å²) in [7, 11) is 1.90. The Balaban J connectivity index is 2.09. The number of halogens is 2. The first kappa shape index (κ1) is 14.5. The normalized spacial score (nSPS) is 19.9. The summed E-state index contributed by atoms with van der Waals surface area (Å²) in [6.07, 6.45) is 4.03. The summed E-state index contributed by atoms with van der Waals surface area (Å²) < 4.78 is 14.2. The maximum Gasteiger partial charge on any atom is 0.170 e. The van der Waals surface area contributed by atoms with E-state index in [0.29, 0.717) is 17.4 Å². The van der Waals surface area contributed by atoms with Crippen LogP contribution in [0, 0.1) is 5.82 Å². The van der Waals surface area contributed by atoms with E-state index in [0.717, 1.165) is 19.6 Å². The summed E-state index contributed by atoms with van der Waals surface area (Å²) in [5.74, 6) is 0.293. The van der Waals surface area contributed by atoms with Crippen molar-refractivity contribution >= 4 is 17.4 Å². The molecule has 0 aliphatic carbocycles. The minimum Gasteiger partial charge on any atom is -0.356 e. The molecule has 106 valence electrons. The largest absolute Gasteiger partial charge is 0.356 e. The molecular formula is C14H21ClFN3. The van der Waals surface area contributed by atoms with E-state index in [2.05, 4.69) is 16.8 Å². The van der Waals surface area contributed by atoms with Crippen molar-refractivity contribution in [3.05, 3.63) is 23.6 Å². The van der Waals surface area contributed by atoms with Crippen molar-refractivity contribution in [3.8, 4) is 0 Å². The van der Waals surface area contributed by atoms with Gasteiger partial charge >= 0.3 is 0 Å². The molecule has 0 radical (unpaired) electrons. The summed E-state index contributed by atoms with van der Waals surface area (Å²) in [5.41, 5.74) is 0.511. The van der Waals surface area contributed by atoms with Crippen LogP contribution in [0.3, 0.4) is 0 Å². The van der Waals surface area contributed by atoms with Crippen molar-refractivity contribution in [3.63, 3.8) is 0 Å². The van der Waals surface area contributed by atoms with Gasteiger partial charge in [-0.3, -0.25) is 4.90 Å². The van der Waals surface area contributed by atoms with E-state index < -0.39 is 0 Å². The molecule has 2 heterocycles. The zero-order valence-corrected chi connectivity index (χ0v) is 12.3. The summed E-state index contributed by atoms with van der Waals surface area (Å²) in [6, 6.07) is 2.13. The quantitative estimate of drug-likeness (QED) is 0.776. The van der Waals surface area contributed by atoms with E-state index in [9.17, 15) is 4.39 Å². The van der Waals surface area contributed by atoms with Crippen LogP contribution < -0.4 is 4.90 Å². The van der Waals surface area contributed by atoms with E-state index in [4.69, 9.17) is 11.6 Å². The lowest BCUT2D eigenvalue weighted by molar-refractivity contribution is 0.270. The molecule has 1 aromatic rings. The Morgan fingerprint density at radius 2 is 2.37 bits per heavy atom. The van der Waals surface area contributed by atoms with Crippen molar-refractivity contribution in [1.82, 2.24) is 9.88 Å². The Kier molecular flexibility index (Phi) is 4.99. The van der Waals surface area contributed by atoms with Gasteiger partial charge in [0.2, 0.25) is 0 Å². The fourth-order valence-electron chi connectivity index (χ4n) is 2.76. The van der Waals surface area contributed by atoms with Crippen LogP contribution in [0.15, 0.2) is 12.3 Å². The molecule has 1 atom stereocenters. The lowest BCUT2D eigenvalue weighted by Gasteiger charge is -2.28. The third-order valence-corrected chi connectivity index (χ3v) is 4.13. The second kappa shape index (κ2) is 6.53. The number of alkyl halides is 1. The molecule has 2 rings (SSSR count). The fourth-order valence-corrected chi connectivity index (χ4v) is 2.97. The van der Waals surface area contributed by atoms with Crippen molar-refractivity contribution in [2.75, 3.05) is 31.6 Å². The van der Waals surface area contributed by atoms with Crippen LogP contribution >= 0.6 is 11.6 Å². The average Bonchev–Trinajstić information content (AvgIpc) is 2.86. The molecular weight excluding hydrogens is 265 g/mol. The minimum atomic E-state index is -0.291. The average molecular weight is 286 g/mol. The van der Waals surface area contributed by atoms with Crippen LogP contribution in [0.1, 0.15) is 25.3 Å². The van der Waals surface area contributed by atoms with Crippen LogP contribution in [0.2, 0.25) is 0 Å². The van der Waals surface area contributed by atoms with Gasteiger partial charge in [-0.15, -0.1) is 11.6 Å². The third kappa shape index (κ3) is 3.18. The summed E-state index contributed by atoms with van der Waals surface area (Å²) in [5, 5.41) is 0. The van der Waals surface area contributed by atoms with Crippen molar-refractivity contribution < 1.29 is 4.39 Å². The highest BCUT2D eigenvalue weighted by Gasteiger charge is 2.25. The van der Waals surface area contributed by atoms with Crippen LogP contribution in [0.5, 0.6) is 0 Å². The number of pyridine rings is 1. The minimum absolute atomic E-state index is 0.180. The monoisotopic (exact) mass is 285 g/mol. The molecule has 19 heavy (non-hydrogen) atoms. The number of hydrogen-bond donors (Lipinski definition) is 0. The predicted molar refractivity (Wildman–Crippen MR) is 77.3 cm³/mol. The Labute approximate surface area is 119 Å². The molecule has 3 nitrogen and oxygen atoms in total. The third-order valence-electron chi connectivity index (χ3n) is 3.85. The van der Waals surface area contributed by atoms with Gasteiger partial charge in [-0.05, 0) is 32.0 Å². The number of likely N-dealkylation sites (tertiary alicyclic amines) is 1. The summed E-state index contributed by atoms with van der Waals surface area (Å²) in [6.45, 7) is 5.18. The van der Waals surface area contributed by atoms with Gasteiger partial charge in [-0.2, -0.15) is 0 Å². The van der Waals surface area contributed by atoms with E-state index in [-0.39, 0.29) is 11.7 Å². The zero-order valence-electron chi connectivity index (χ0n) is 11.6. The van der Waals surface area contributed by atoms with E-state index in [1.54, 1.807) is 12.3 Å². The molecule has 0 bridgehead atoms. The van der Waals surface area contributed by atoms with Crippen molar-refractivity contribution in [2.45, 2.75) is 31.7 Å². The molecule has 1 aliphatic heterocycles. The maximum absolute atomic E-state index is 14.2. The lowest BCUT2D eigenvalue weighted by atomic mass is 10.2. The van der Waals surface area contributed by atoms with Crippen molar-refractivity contribution in [1.29, 1.82) is 0 Å². The van der Waals surface area contributed by atoms with Crippen LogP contribution in [-0.2, 0) is 5.88 Å². The Hall–Kier alpha value is -0.870. The first-order valence-corrected chi connectivity index (χ1v) is 7.35. The van der Waals surface area contributed by atoms with Crippen molar-refractivity contribution in [2.24, 2.45) is 0 Å². The number of aromatic nitrogens is 1. The highest BCUT2D eigenvalue weighted by Crippen LogP contribution is 2.23. The van der Waals surface area contributed by atoms with Crippen LogP contribution in [-0.4, -0.2) is 42.6 Å². The highest BCUT2D eigenvalue weighted by molar-refractivity contribution is 6.17. The van der Waals surface area contributed by atoms with E-state index in [1.165, 1.54) is 12.8 Å². The van der Waals surface area contributed by atoms with E-state index >= 15 is 0 Å². The van der Waals surface area contributed by atoms with Crippen LogP contribution in [0.4, 0.5) is 10.2 Å². The molecule has 0 spiro atoms. The summed E-state index contributed by atoms with van der Waals surface area (Å²) >= 11 is 5.73. The molecule has 5 heteroatoms. The number of anilines is 1. The second-order valence-electron chi connectivity index (χ2n) is 5.05. The molecule has 0 N–H and O–H groups in total. The molecule has 0 aromatic carbocycles. The molecule has 1 aromatic heterocycles. The smallest absolute Gasteiger partial charge is 0.170 e. The van der Waals surface area contributed by atoms with E-state index in [1.807, 2.05) is 11.9 Å². The lowest BCUT2D eigenvalue weighted by Crippen LogP contribution is -2.39. The molecule has 0 amide bonds. The topological polar surface area (TPSA) is 19.4 Å². The van der Waals surface area contributed by atoms with Gasteiger partial charge in [-0.1, -0.05) is 6.92 Å². The molecule has 1 fully saturated rings. The number of nitrogens with zero attached hydrogens (tertiary/aromatic N) is 3. The summed E-state index contributed by atoms with van der Waals surface area (Å²) in [4.78, 5) is 8.50. The second-order valence-corrected chi connectivity index (χ2v) is 5.31. The number of hydrogen-bond acceptors (Lipinski definition) is 3. The molecule has 1 aliphatic rings. The van der Waals surface area contributed by atoms with Gasteiger partial charge in [0, 0.05) is 31.4 Å². The molecule has 0 saturated carbocycles.